The summed E-state index contributed by atoms with van der Waals surface area (Å²) in [4.78, 5) is 0. The first-order valence-electron chi connectivity index (χ1n) is 5.21. The number of nitrogens with two attached hydrogens (primary N) is 1. The molecule has 1 heterocycles. The predicted molar refractivity (Wildman–Crippen MR) is 66.0 cm³/mol. The molecule has 0 aliphatic heterocycles. The molecule has 84 valence electrons. The van der Waals surface area contributed by atoms with E-state index in [1.54, 1.807) is 0 Å². The summed E-state index contributed by atoms with van der Waals surface area (Å²) in [5, 5.41) is 5.01. The summed E-state index contributed by atoms with van der Waals surface area (Å²) in [5.74, 6) is 0.327. The molecule has 2 rings (SSSR count). The molecule has 2 N–H and O–H groups in total. The minimum Gasteiger partial charge on any atom is -0.330 e. The van der Waals surface area contributed by atoms with Crippen LogP contribution in [0.4, 0.5) is 0 Å². The third-order valence-corrected chi connectivity index (χ3v) is 2.83. The first-order chi connectivity index (χ1) is 7.70. The standard InChI is InChI=1S/C12H14ClN3/c1-9(6-14)10-7-15-16(8-10)12-4-2-3-11(13)5-12/h2-5,7-9H,6,14H2,1H3. The lowest BCUT2D eigenvalue weighted by Gasteiger charge is -2.04. The SMILES string of the molecule is CC(CN)c1cnn(-c2cccc(Cl)c2)c1. The van der Waals surface area contributed by atoms with Crippen molar-refractivity contribution in [2.45, 2.75) is 12.8 Å². The predicted octanol–water partition coefficient (Wildman–Crippen LogP) is 2.59. The Morgan fingerprint density at radius 3 is 3.00 bits per heavy atom. The van der Waals surface area contributed by atoms with E-state index in [9.17, 15) is 0 Å². The Labute approximate surface area is 99.8 Å². The van der Waals surface area contributed by atoms with E-state index >= 15 is 0 Å². The molecule has 3 nitrogen and oxygen atoms in total. The molecule has 0 aliphatic carbocycles. The second-order valence-electron chi connectivity index (χ2n) is 3.83. The summed E-state index contributed by atoms with van der Waals surface area (Å²) < 4.78 is 1.81. The van der Waals surface area contributed by atoms with Gasteiger partial charge in [-0.05, 0) is 36.2 Å². The Morgan fingerprint density at radius 1 is 1.50 bits per heavy atom. The van der Waals surface area contributed by atoms with Gasteiger partial charge in [-0.15, -0.1) is 0 Å². The van der Waals surface area contributed by atoms with Crippen LogP contribution in [0.25, 0.3) is 5.69 Å². The number of nitrogens with zero attached hydrogens (tertiary/aromatic N) is 2. The van der Waals surface area contributed by atoms with Gasteiger partial charge in [-0.1, -0.05) is 24.6 Å². The zero-order chi connectivity index (χ0) is 11.5. The number of hydrogen-bond donors (Lipinski definition) is 1. The van der Waals surface area contributed by atoms with Crippen LogP contribution < -0.4 is 5.73 Å². The largest absolute Gasteiger partial charge is 0.330 e. The van der Waals surface area contributed by atoms with Crippen molar-refractivity contribution in [2.24, 2.45) is 5.73 Å². The van der Waals surface area contributed by atoms with E-state index in [4.69, 9.17) is 17.3 Å². The van der Waals surface area contributed by atoms with Crippen LogP contribution in [-0.2, 0) is 0 Å². The fourth-order valence-electron chi connectivity index (χ4n) is 1.49. The Kier molecular flexibility index (Phi) is 3.27. The molecule has 16 heavy (non-hydrogen) atoms. The zero-order valence-electron chi connectivity index (χ0n) is 9.10. The van der Waals surface area contributed by atoms with E-state index in [2.05, 4.69) is 12.0 Å². The highest BCUT2D eigenvalue weighted by Gasteiger charge is 2.07. The number of rotatable bonds is 3. The van der Waals surface area contributed by atoms with Gasteiger partial charge >= 0.3 is 0 Å². The minimum atomic E-state index is 0.327. The molecule has 2 aromatic rings. The van der Waals surface area contributed by atoms with Gasteiger partial charge in [-0.2, -0.15) is 5.10 Å². The fraction of sp³-hybridized carbons (Fsp3) is 0.250. The lowest BCUT2D eigenvalue weighted by atomic mass is 10.1. The van der Waals surface area contributed by atoms with Crippen molar-refractivity contribution in [2.75, 3.05) is 6.54 Å². The molecular formula is C12H14ClN3. The molecule has 1 atom stereocenters. The second kappa shape index (κ2) is 4.68. The second-order valence-corrected chi connectivity index (χ2v) is 4.27. The highest BCUT2D eigenvalue weighted by molar-refractivity contribution is 6.30. The van der Waals surface area contributed by atoms with Gasteiger partial charge in [-0.3, -0.25) is 0 Å². The summed E-state index contributed by atoms with van der Waals surface area (Å²) in [6, 6.07) is 7.60. The quantitative estimate of drug-likeness (QED) is 0.889. The molecule has 0 amide bonds. The van der Waals surface area contributed by atoms with Crippen LogP contribution in [0.3, 0.4) is 0 Å². The van der Waals surface area contributed by atoms with Crippen LogP contribution in [-0.4, -0.2) is 16.3 Å². The van der Waals surface area contributed by atoms with E-state index in [0.29, 0.717) is 17.5 Å². The average molecular weight is 236 g/mol. The molecule has 0 aliphatic rings. The van der Waals surface area contributed by atoms with Crippen LogP contribution in [0, 0.1) is 0 Å². The van der Waals surface area contributed by atoms with Gasteiger partial charge in [0.1, 0.15) is 0 Å². The lowest BCUT2D eigenvalue weighted by Crippen LogP contribution is -2.07. The van der Waals surface area contributed by atoms with Crippen molar-refractivity contribution >= 4 is 11.6 Å². The summed E-state index contributed by atoms with van der Waals surface area (Å²) in [6.07, 6.45) is 3.83. The molecule has 1 aromatic carbocycles. The smallest absolute Gasteiger partial charge is 0.0660 e. The third-order valence-electron chi connectivity index (χ3n) is 2.60. The van der Waals surface area contributed by atoms with Gasteiger partial charge in [0.05, 0.1) is 11.9 Å². The molecule has 0 saturated carbocycles. The Hall–Kier alpha value is -1.32. The van der Waals surface area contributed by atoms with Crippen molar-refractivity contribution in [3.05, 3.63) is 47.2 Å². The highest BCUT2D eigenvalue weighted by Crippen LogP contribution is 2.17. The average Bonchev–Trinajstić information content (AvgIpc) is 2.77. The molecule has 0 saturated heterocycles. The molecule has 1 aromatic heterocycles. The van der Waals surface area contributed by atoms with Crippen LogP contribution >= 0.6 is 11.6 Å². The minimum absolute atomic E-state index is 0.327. The molecule has 1 unspecified atom stereocenters. The van der Waals surface area contributed by atoms with Crippen molar-refractivity contribution in [3.63, 3.8) is 0 Å². The first kappa shape index (κ1) is 11.2. The normalized spacial score (nSPS) is 12.7. The van der Waals surface area contributed by atoms with E-state index in [0.717, 1.165) is 11.3 Å². The highest BCUT2D eigenvalue weighted by atomic mass is 35.5. The summed E-state index contributed by atoms with van der Waals surface area (Å²) in [7, 11) is 0. The molecule has 4 heteroatoms. The number of benzene rings is 1. The number of hydrogen-bond acceptors (Lipinski definition) is 2. The van der Waals surface area contributed by atoms with Gasteiger partial charge in [0.25, 0.3) is 0 Å². The van der Waals surface area contributed by atoms with Crippen LogP contribution in [0.5, 0.6) is 0 Å². The summed E-state index contributed by atoms with van der Waals surface area (Å²) in [5.41, 5.74) is 7.72. The number of aromatic nitrogens is 2. The maximum atomic E-state index is 5.93. The van der Waals surface area contributed by atoms with Crippen molar-refractivity contribution in [3.8, 4) is 5.69 Å². The molecule has 0 bridgehead atoms. The van der Waals surface area contributed by atoms with E-state index < -0.39 is 0 Å². The lowest BCUT2D eigenvalue weighted by molar-refractivity contribution is 0.773. The maximum absolute atomic E-state index is 5.93. The Morgan fingerprint density at radius 2 is 2.31 bits per heavy atom. The fourth-order valence-corrected chi connectivity index (χ4v) is 1.67. The third kappa shape index (κ3) is 2.26. The first-order valence-corrected chi connectivity index (χ1v) is 5.59. The molecule has 0 radical (unpaired) electrons. The van der Waals surface area contributed by atoms with Gasteiger partial charge < -0.3 is 5.73 Å². The summed E-state index contributed by atoms with van der Waals surface area (Å²) in [6.45, 7) is 2.71. The van der Waals surface area contributed by atoms with E-state index in [1.807, 2.05) is 41.3 Å². The molecular weight excluding hydrogens is 222 g/mol. The maximum Gasteiger partial charge on any atom is 0.0660 e. The topological polar surface area (TPSA) is 43.8 Å². The molecule has 0 fully saturated rings. The van der Waals surface area contributed by atoms with Crippen LogP contribution in [0.2, 0.25) is 5.02 Å². The van der Waals surface area contributed by atoms with Gasteiger partial charge in [-0.25, -0.2) is 4.68 Å². The number of halogens is 1. The van der Waals surface area contributed by atoms with E-state index in [1.165, 1.54) is 0 Å². The van der Waals surface area contributed by atoms with Crippen molar-refractivity contribution in [1.29, 1.82) is 0 Å². The molecule has 0 spiro atoms. The van der Waals surface area contributed by atoms with E-state index in [-0.39, 0.29) is 0 Å². The summed E-state index contributed by atoms with van der Waals surface area (Å²) >= 11 is 5.93. The van der Waals surface area contributed by atoms with Crippen molar-refractivity contribution in [1.82, 2.24) is 9.78 Å². The van der Waals surface area contributed by atoms with Crippen LogP contribution in [0.1, 0.15) is 18.4 Å². The van der Waals surface area contributed by atoms with Crippen LogP contribution in [0.15, 0.2) is 36.7 Å². The van der Waals surface area contributed by atoms with Crippen molar-refractivity contribution < 1.29 is 0 Å². The van der Waals surface area contributed by atoms with Gasteiger partial charge in [0, 0.05) is 11.2 Å². The Bertz CT molecular complexity index is 479. The van der Waals surface area contributed by atoms with Gasteiger partial charge in [0.2, 0.25) is 0 Å². The Balaban J connectivity index is 2.31. The zero-order valence-corrected chi connectivity index (χ0v) is 9.85. The monoisotopic (exact) mass is 235 g/mol. The van der Waals surface area contributed by atoms with Gasteiger partial charge in [0.15, 0.2) is 0 Å².